The van der Waals surface area contributed by atoms with Gasteiger partial charge in [0.2, 0.25) is 0 Å². The van der Waals surface area contributed by atoms with Crippen LogP contribution in [0, 0.1) is 0 Å². The molecule has 1 N–H and O–H groups in total. The number of carbonyl (C=O) groups excluding carboxylic acids is 1. The molecular formula is C24H19NO. The van der Waals surface area contributed by atoms with Crippen LogP contribution >= 0.6 is 0 Å². The van der Waals surface area contributed by atoms with Crippen LogP contribution in [0.4, 0.5) is 5.69 Å². The van der Waals surface area contributed by atoms with Crippen molar-refractivity contribution in [3.05, 3.63) is 114 Å². The second kappa shape index (κ2) is 7.24. The third-order valence-electron chi connectivity index (χ3n) is 4.54. The third-order valence-corrected chi connectivity index (χ3v) is 4.54. The summed E-state index contributed by atoms with van der Waals surface area (Å²) in [5.41, 5.74) is 2.62. The summed E-state index contributed by atoms with van der Waals surface area (Å²) in [6.45, 7) is 0. The second-order valence-electron chi connectivity index (χ2n) is 6.25. The van der Waals surface area contributed by atoms with Gasteiger partial charge in [-0.05, 0) is 17.0 Å². The van der Waals surface area contributed by atoms with Crippen molar-refractivity contribution in [2.75, 3.05) is 5.32 Å². The summed E-state index contributed by atoms with van der Waals surface area (Å²) in [7, 11) is 0. The Balaban J connectivity index is 1.77. The van der Waals surface area contributed by atoms with Crippen molar-refractivity contribution in [2.24, 2.45) is 0 Å². The SMILES string of the molecule is O=C(c1ccccc1)C(Nc1cccc2ccccc12)c1ccccc1. The molecule has 1 unspecified atom stereocenters. The van der Waals surface area contributed by atoms with Gasteiger partial charge in [-0.3, -0.25) is 4.79 Å². The molecule has 2 heteroatoms. The quantitative estimate of drug-likeness (QED) is 0.461. The molecule has 0 radical (unpaired) electrons. The van der Waals surface area contributed by atoms with Gasteiger partial charge in [0, 0.05) is 16.6 Å². The molecular weight excluding hydrogens is 318 g/mol. The number of carbonyl (C=O) groups is 1. The molecule has 4 rings (SSSR count). The Hall–Kier alpha value is -3.39. The summed E-state index contributed by atoms with van der Waals surface area (Å²) in [5, 5.41) is 5.74. The van der Waals surface area contributed by atoms with Gasteiger partial charge in [0.05, 0.1) is 0 Å². The minimum Gasteiger partial charge on any atom is -0.371 e. The Kier molecular flexibility index (Phi) is 4.48. The lowest BCUT2D eigenvalue weighted by molar-refractivity contribution is 0.0969. The van der Waals surface area contributed by atoms with Crippen LogP contribution in [0.2, 0.25) is 0 Å². The highest BCUT2D eigenvalue weighted by atomic mass is 16.1. The number of ketones is 1. The van der Waals surface area contributed by atoms with E-state index in [9.17, 15) is 4.79 Å². The van der Waals surface area contributed by atoms with Gasteiger partial charge in [-0.25, -0.2) is 0 Å². The van der Waals surface area contributed by atoms with Crippen molar-refractivity contribution in [2.45, 2.75) is 6.04 Å². The lowest BCUT2D eigenvalue weighted by Gasteiger charge is -2.21. The highest BCUT2D eigenvalue weighted by Gasteiger charge is 2.22. The fourth-order valence-corrected chi connectivity index (χ4v) is 3.22. The molecule has 0 heterocycles. The van der Waals surface area contributed by atoms with E-state index in [-0.39, 0.29) is 5.78 Å². The normalized spacial score (nSPS) is 11.8. The van der Waals surface area contributed by atoms with E-state index in [1.165, 1.54) is 0 Å². The Bertz CT molecular complexity index is 1020. The molecule has 0 spiro atoms. The first-order valence-corrected chi connectivity index (χ1v) is 8.71. The van der Waals surface area contributed by atoms with Gasteiger partial charge in [0.25, 0.3) is 0 Å². The van der Waals surface area contributed by atoms with E-state index in [0.717, 1.165) is 22.0 Å². The van der Waals surface area contributed by atoms with Crippen molar-refractivity contribution in [3.63, 3.8) is 0 Å². The van der Waals surface area contributed by atoms with Gasteiger partial charge in [0.1, 0.15) is 6.04 Å². The van der Waals surface area contributed by atoms with E-state index in [2.05, 4.69) is 23.5 Å². The molecule has 0 aromatic heterocycles. The number of Topliss-reactive ketones (excluding diaryl/α,β-unsaturated/α-hetero) is 1. The smallest absolute Gasteiger partial charge is 0.189 e. The molecule has 0 aliphatic heterocycles. The van der Waals surface area contributed by atoms with E-state index < -0.39 is 6.04 Å². The molecule has 4 aromatic rings. The maximum atomic E-state index is 13.2. The highest BCUT2D eigenvalue weighted by Crippen LogP contribution is 2.29. The van der Waals surface area contributed by atoms with Crippen LogP contribution in [-0.2, 0) is 0 Å². The first-order chi connectivity index (χ1) is 12.8. The fraction of sp³-hybridized carbons (Fsp3) is 0.0417. The van der Waals surface area contributed by atoms with Crippen LogP contribution in [0.3, 0.4) is 0 Å². The fourth-order valence-electron chi connectivity index (χ4n) is 3.22. The lowest BCUT2D eigenvalue weighted by Crippen LogP contribution is -2.21. The number of rotatable bonds is 5. The minimum absolute atomic E-state index is 0.0599. The largest absolute Gasteiger partial charge is 0.371 e. The predicted molar refractivity (Wildman–Crippen MR) is 108 cm³/mol. The maximum Gasteiger partial charge on any atom is 0.189 e. The predicted octanol–water partition coefficient (Wildman–Crippen LogP) is 5.88. The third kappa shape index (κ3) is 3.22. The molecule has 0 aliphatic carbocycles. The molecule has 0 fully saturated rings. The van der Waals surface area contributed by atoms with Crippen molar-refractivity contribution in [1.29, 1.82) is 0 Å². The number of fused-ring (bicyclic) bond motifs is 1. The zero-order valence-corrected chi connectivity index (χ0v) is 14.3. The number of hydrogen-bond acceptors (Lipinski definition) is 2. The van der Waals surface area contributed by atoms with Crippen LogP contribution in [0.1, 0.15) is 22.0 Å². The van der Waals surface area contributed by atoms with E-state index in [0.29, 0.717) is 5.56 Å². The van der Waals surface area contributed by atoms with Crippen LogP contribution < -0.4 is 5.32 Å². The van der Waals surface area contributed by atoms with Crippen molar-refractivity contribution < 1.29 is 4.79 Å². The van der Waals surface area contributed by atoms with Crippen LogP contribution in [-0.4, -0.2) is 5.78 Å². The Morgan fingerprint density at radius 3 is 2.04 bits per heavy atom. The van der Waals surface area contributed by atoms with Gasteiger partial charge < -0.3 is 5.32 Å². The molecule has 126 valence electrons. The van der Waals surface area contributed by atoms with Gasteiger partial charge in [-0.15, -0.1) is 0 Å². The average Bonchev–Trinajstić information content (AvgIpc) is 2.73. The summed E-state index contributed by atoms with van der Waals surface area (Å²) in [6, 6.07) is 33.2. The topological polar surface area (TPSA) is 29.1 Å². The Morgan fingerprint density at radius 1 is 0.654 bits per heavy atom. The molecule has 0 saturated carbocycles. The summed E-state index contributed by atoms with van der Waals surface area (Å²) in [4.78, 5) is 13.2. The zero-order valence-electron chi connectivity index (χ0n) is 14.3. The number of hydrogen-bond donors (Lipinski definition) is 1. The van der Waals surface area contributed by atoms with Crippen LogP contribution in [0.5, 0.6) is 0 Å². The number of anilines is 1. The maximum absolute atomic E-state index is 13.2. The Morgan fingerprint density at radius 2 is 1.27 bits per heavy atom. The standard InChI is InChI=1S/C24H19NO/c26-24(20-13-5-2-6-14-20)23(19-11-3-1-4-12-19)25-22-17-9-15-18-10-7-8-16-21(18)22/h1-17,23,25H. The van der Waals surface area contributed by atoms with Crippen LogP contribution in [0.15, 0.2) is 103 Å². The first-order valence-electron chi connectivity index (χ1n) is 8.71. The average molecular weight is 337 g/mol. The summed E-state index contributed by atoms with van der Waals surface area (Å²) >= 11 is 0. The molecule has 0 bridgehead atoms. The van der Waals surface area contributed by atoms with Gasteiger partial charge in [0.15, 0.2) is 5.78 Å². The second-order valence-corrected chi connectivity index (χ2v) is 6.25. The van der Waals surface area contributed by atoms with Crippen molar-refractivity contribution >= 4 is 22.2 Å². The van der Waals surface area contributed by atoms with E-state index in [1.54, 1.807) is 0 Å². The molecule has 0 aliphatic rings. The van der Waals surface area contributed by atoms with E-state index in [1.807, 2.05) is 84.9 Å². The molecule has 1 atom stereocenters. The molecule has 4 aromatic carbocycles. The lowest BCUT2D eigenvalue weighted by atomic mass is 9.96. The molecule has 0 amide bonds. The minimum atomic E-state index is -0.440. The van der Waals surface area contributed by atoms with Crippen molar-refractivity contribution in [1.82, 2.24) is 0 Å². The zero-order chi connectivity index (χ0) is 17.8. The Labute approximate surface area is 153 Å². The molecule has 26 heavy (non-hydrogen) atoms. The van der Waals surface area contributed by atoms with Crippen molar-refractivity contribution in [3.8, 4) is 0 Å². The molecule has 0 saturated heterocycles. The van der Waals surface area contributed by atoms with Gasteiger partial charge >= 0.3 is 0 Å². The number of nitrogens with one attached hydrogen (secondary N) is 1. The summed E-state index contributed by atoms with van der Waals surface area (Å²) < 4.78 is 0. The van der Waals surface area contributed by atoms with Gasteiger partial charge in [-0.2, -0.15) is 0 Å². The van der Waals surface area contributed by atoms with E-state index in [4.69, 9.17) is 0 Å². The number of benzene rings is 4. The van der Waals surface area contributed by atoms with Gasteiger partial charge in [-0.1, -0.05) is 97.1 Å². The first kappa shape index (κ1) is 16.1. The monoisotopic (exact) mass is 337 g/mol. The summed E-state index contributed by atoms with van der Waals surface area (Å²) in [5.74, 6) is 0.0599. The molecule has 2 nitrogen and oxygen atoms in total. The highest BCUT2D eigenvalue weighted by molar-refractivity contribution is 6.04. The van der Waals surface area contributed by atoms with Crippen LogP contribution in [0.25, 0.3) is 10.8 Å². The van der Waals surface area contributed by atoms with E-state index >= 15 is 0 Å². The summed E-state index contributed by atoms with van der Waals surface area (Å²) in [6.07, 6.45) is 0.